The molecule has 0 radical (unpaired) electrons. The van der Waals surface area contributed by atoms with Crippen molar-refractivity contribution >= 4 is 5.82 Å². The van der Waals surface area contributed by atoms with Crippen molar-refractivity contribution in [2.45, 2.75) is 20.8 Å². The Kier molecular flexibility index (Phi) is 3.28. The fourth-order valence-electron chi connectivity index (χ4n) is 1.05. The Bertz CT molecular complexity index is 316. The molecule has 2 nitrogen and oxygen atoms in total. The second-order valence-corrected chi connectivity index (χ2v) is 4.22. The van der Waals surface area contributed by atoms with Crippen LogP contribution in [0, 0.1) is 12.3 Å². The van der Waals surface area contributed by atoms with E-state index in [0.717, 1.165) is 12.4 Å². The van der Waals surface area contributed by atoms with Crippen molar-refractivity contribution < 1.29 is 0 Å². The number of anilines is 1. The first-order chi connectivity index (χ1) is 6.55. The summed E-state index contributed by atoms with van der Waals surface area (Å²) in [4.78, 5) is 4.27. The molecule has 14 heavy (non-hydrogen) atoms. The molecule has 0 spiro atoms. The Morgan fingerprint density at radius 3 is 2.86 bits per heavy atom. The maximum Gasteiger partial charge on any atom is 0.128 e. The van der Waals surface area contributed by atoms with Gasteiger partial charge in [-0.2, -0.15) is 0 Å². The van der Waals surface area contributed by atoms with Gasteiger partial charge < -0.3 is 5.32 Å². The summed E-state index contributed by atoms with van der Waals surface area (Å²) in [5.41, 5.74) is 1.27. The molecule has 0 aliphatic carbocycles. The third kappa shape index (κ3) is 2.87. The van der Waals surface area contributed by atoms with Gasteiger partial charge in [-0.3, -0.25) is 0 Å². The molecule has 0 saturated heterocycles. The topological polar surface area (TPSA) is 24.9 Å². The molecule has 2 heteroatoms. The zero-order chi connectivity index (χ0) is 10.6. The largest absolute Gasteiger partial charge is 0.369 e. The van der Waals surface area contributed by atoms with E-state index in [9.17, 15) is 0 Å². The second-order valence-electron chi connectivity index (χ2n) is 4.22. The molecule has 76 valence electrons. The van der Waals surface area contributed by atoms with Gasteiger partial charge in [0.1, 0.15) is 5.82 Å². The van der Waals surface area contributed by atoms with E-state index in [0.29, 0.717) is 0 Å². The van der Waals surface area contributed by atoms with Crippen molar-refractivity contribution in [1.82, 2.24) is 4.98 Å². The summed E-state index contributed by atoms with van der Waals surface area (Å²) in [7, 11) is 0. The van der Waals surface area contributed by atoms with Crippen LogP contribution in [0.3, 0.4) is 0 Å². The van der Waals surface area contributed by atoms with Crippen LogP contribution in [0.25, 0.3) is 0 Å². The van der Waals surface area contributed by atoms with Crippen LogP contribution in [-0.4, -0.2) is 11.5 Å². The van der Waals surface area contributed by atoms with Gasteiger partial charge in [0.2, 0.25) is 0 Å². The van der Waals surface area contributed by atoms with Crippen molar-refractivity contribution in [3.05, 3.63) is 36.5 Å². The van der Waals surface area contributed by atoms with Gasteiger partial charge in [0.05, 0.1) is 0 Å². The first-order valence-electron chi connectivity index (χ1n) is 4.84. The minimum absolute atomic E-state index is 0.101. The highest BCUT2D eigenvalue weighted by Gasteiger charge is 2.12. The minimum Gasteiger partial charge on any atom is -0.369 e. The van der Waals surface area contributed by atoms with Crippen molar-refractivity contribution in [1.29, 1.82) is 0 Å². The van der Waals surface area contributed by atoms with Crippen LogP contribution < -0.4 is 5.32 Å². The van der Waals surface area contributed by atoms with E-state index in [-0.39, 0.29) is 5.41 Å². The van der Waals surface area contributed by atoms with Gasteiger partial charge in [-0.1, -0.05) is 26.0 Å². The highest BCUT2D eigenvalue weighted by atomic mass is 15.0. The molecule has 0 aliphatic rings. The van der Waals surface area contributed by atoms with Crippen molar-refractivity contribution in [3.8, 4) is 0 Å². The zero-order valence-corrected chi connectivity index (χ0v) is 9.17. The summed E-state index contributed by atoms with van der Waals surface area (Å²) in [5.74, 6) is 0.961. The van der Waals surface area contributed by atoms with Gasteiger partial charge in [-0.05, 0) is 24.0 Å². The smallest absolute Gasteiger partial charge is 0.128 e. The van der Waals surface area contributed by atoms with Gasteiger partial charge in [-0.25, -0.2) is 4.98 Å². The Hall–Kier alpha value is -1.31. The van der Waals surface area contributed by atoms with Crippen LogP contribution in [0.15, 0.2) is 31.0 Å². The predicted octanol–water partition coefficient (Wildman–Crippen LogP) is 3.01. The molecule has 0 fully saturated rings. The van der Waals surface area contributed by atoms with E-state index >= 15 is 0 Å². The molecule has 1 heterocycles. The molecule has 0 unspecified atom stereocenters. The fourth-order valence-corrected chi connectivity index (χ4v) is 1.05. The Morgan fingerprint density at radius 2 is 2.29 bits per heavy atom. The summed E-state index contributed by atoms with van der Waals surface area (Å²) in [5, 5.41) is 3.32. The van der Waals surface area contributed by atoms with Gasteiger partial charge in [-0.15, -0.1) is 6.58 Å². The van der Waals surface area contributed by atoms with Crippen LogP contribution in [0.5, 0.6) is 0 Å². The summed E-state index contributed by atoms with van der Waals surface area (Å²) in [6.07, 6.45) is 3.76. The molecule has 0 saturated carbocycles. The predicted molar refractivity (Wildman–Crippen MR) is 61.4 cm³/mol. The van der Waals surface area contributed by atoms with E-state index in [1.54, 1.807) is 6.20 Å². The Morgan fingerprint density at radius 1 is 1.57 bits per heavy atom. The zero-order valence-electron chi connectivity index (χ0n) is 9.17. The maximum absolute atomic E-state index is 4.27. The number of nitrogens with zero attached hydrogens (tertiary/aromatic N) is 1. The van der Waals surface area contributed by atoms with E-state index in [4.69, 9.17) is 0 Å². The average Bonchev–Trinajstić information content (AvgIpc) is 2.17. The van der Waals surface area contributed by atoms with Crippen LogP contribution in [0.4, 0.5) is 5.82 Å². The van der Waals surface area contributed by atoms with Crippen molar-refractivity contribution in [2.75, 3.05) is 11.9 Å². The molecule has 1 aromatic rings. The quantitative estimate of drug-likeness (QED) is 0.738. The SMILES string of the molecule is C=CC(C)(C)CNc1ncccc1C. The number of aromatic nitrogens is 1. The average molecular weight is 190 g/mol. The first-order valence-corrected chi connectivity index (χ1v) is 4.84. The summed E-state index contributed by atoms with van der Waals surface area (Å²) >= 11 is 0. The lowest BCUT2D eigenvalue weighted by molar-refractivity contribution is 0.513. The normalized spacial score (nSPS) is 11.1. The summed E-state index contributed by atoms with van der Waals surface area (Å²) < 4.78 is 0. The molecule has 1 rings (SSSR count). The van der Waals surface area contributed by atoms with Crippen LogP contribution >= 0.6 is 0 Å². The highest BCUT2D eigenvalue weighted by Crippen LogP contribution is 2.18. The highest BCUT2D eigenvalue weighted by molar-refractivity contribution is 5.42. The molecule has 1 N–H and O–H groups in total. The molecule has 0 atom stereocenters. The minimum atomic E-state index is 0.101. The molecule has 0 bridgehead atoms. The monoisotopic (exact) mass is 190 g/mol. The Labute approximate surface area is 86.1 Å². The standard InChI is InChI=1S/C12H18N2/c1-5-12(3,4)9-14-11-10(2)7-6-8-13-11/h5-8H,1,9H2,2-4H3,(H,13,14). The van der Waals surface area contributed by atoms with Crippen LogP contribution in [-0.2, 0) is 0 Å². The first kappa shape index (κ1) is 10.8. The fraction of sp³-hybridized carbons (Fsp3) is 0.417. The van der Waals surface area contributed by atoms with Gasteiger partial charge in [0.25, 0.3) is 0 Å². The number of rotatable bonds is 4. The summed E-state index contributed by atoms with van der Waals surface area (Å²) in [6.45, 7) is 11.0. The van der Waals surface area contributed by atoms with E-state index in [1.165, 1.54) is 5.56 Å². The van der Waals surface area contributed by atoms with E-state index in [1.807, 2.05) is 12.1 Å². The number of pyridine rings is 1. The van der Waals surface area contributed by atoms with Crippen molar-refractivity contribution in [2.24, 2.45) is 5.41 Å². The maximum atomic E-state index is 4.27. The molecule has 0 amide bonds. The van der Waals surface area contributed by atoms with E-state index < -0.39 is 0 Å². The van der Waals surface area contributed by atoms with Crippen molar-refractivity contribution in [3.63, 3.8) is 0 Å². The molecule has 0 aliphatic heterocycles. The number of aryl methyl sites for hydroxylation is 1. The third-order valence-electron chi connectivity index (χ3n) is 2.27. The lowest BCUT2D eigenvalue weighted by Gasteiger charge is -2.21. The number of hydrogen-bond acceptors (Lipinski definition) is 2. The molecular formula is C12H18N2. The summed E-state index contributed by atoms with van der Waals surface area (Å²) in [6, 6.07) is 4.00. The Balaban J connectivity index is 2.62. The molecular weight excluding hydrogens is 172 g/mol. The van der Waals surface area contributed by atoms with Crippen LogP contribution in [0.2, 0.25) is 0 Å². The molecule has 0 aromatic carbocycles. The molecule has 1 aromatic heterocycles. The van der Waals surface area contributed by atoms with Gasteiger partial charge in [0, 0.05) is 12.7 Å². The van der Waals surface area contributed by atoms with Gasteiger partial charge >= 0.3 is 0 Å². The lowest BCUT2D eigenvalue weighted by atomic mass is 9.94. The number of hydrogen-bond donors (Lipinski definition) is 1. The third-order valence-corrected chi connectivity index (χ3v) is 2.27. The number of nitrogens with one attached hydrogen (secondary N) is 1. The van der Waals surface area contributed by atoms with Gasteiger partial charge in [0.15, 0.2) is 0 Å². The second kappa shape index (κ2) is 4.27. The lowest BCUT2D eigenvalue weighted by Crippen LogP contribution is -2.21. The van der Waals surface area contributed by atoms with E-state index in [2.05, 4.69) is 43.7 Å². The van der Waals surface area contributed by atoms with Crippen LogP contribution in [0.1, 0.15) is 19.4 Å².